The number of nitrogens with zero attached hydrogens (tertiary/aromatic N) is 3. The molecular formula is C11H17N3O4S. The highest BCUT2D eigenvalue weighted by atomic mass is 32.2. The molecule has 0 radical (unpaired) electrons. The number of aryl methyl sites for hydroxylation is 1. The zero-order valence-electron chi connectivity index (χ0n) is 10.7. The largest absolute Gasteiger partial charge is 0.480 e. The van der Waals surface area contributed by atoms with Crippen LogP contribution in [0.3, 0.4) is 0 Å². The molecule has 1 atom stereocenters. The Balaban J connectivity index is 2.34. The Morgan fingerprint density at radius 1 is 1.53 bits per heavy atom. The van der Waals surface area contributed by atoms with E-state index in [1.165, 1.54) is 12.5 Å². The van der Waals surface area contributed by atoms with Crippen LogP contribution in [-0.4, -0.2) is 45.9 Å². The molecule has 19 heavy (non-hydrogen) atoms. The van der Waals surface area contributed by atoms with Gasteiger partial charge in [0, 0.05) is 19.3 Å². The van der Waals surface area contributed by atoms with Crippen molar-refractivity contribution in [1.82, 2.24) is 13.9 Å². The number of carboxylic acids is 1. The SMILES string of the molecule is CCn1cnc(S(=O)(=O)N2CCCCC2C(=O)O)c1. The first-order chi connectivity index (χ1) is 8.96. The number of piperidine rings is 1. The third-order valence-corrected chi connectivity index (χ3v) is 5.08. The van der Waals surface area contributed by atoms with E-state index in [-0.39, 0.29) is 11.6 Å². The number of aliphatic carboxylic acids is 1. The van der Waals surface area contributed by atoms with Crippen molar-refractivity contribution in [2.75, 3.05) is 6.54 Å². The van der Waals surface area contributed by atoms with Crippen LogP contribution < -0.4 is 0 Å². The Labute approximate surface area is 111 Å². The van der Waals surface area contributed by atoms with Crippen molar-refractivity contribution in [1.29, 1.82) is 0 Å². The average molecular weight is 287 g/mol. The maximum atomic E-state index is 12.4. The smallest absolute Gasteiger partial charge is 0.322 e. The second-order valence-corrected chi connectivity index (χ2v) is 6.35. The molecule has 7 nitrogen and oxygen atoms in total. The highest BCUT2D eigenvalue weighted by Gasteiger charge is 2.38. The number of carbonyl (C=O) groups is 1. The summed E-state index contributed by atoms with van der Waals surface area (Å²) in [6, 6.07) is -0.981. The number of hydrogen-bond acceptors (Lipinski definition) is 4. The maximum absolute atomic E-state index is 12.4. The first-order valence-corrected chi connectivity index (χ1v) is 7.67. The van der Waals surface area contributed by atoms with E-state index in [4.69, 9.17) is 5.11 Å². The van der Waals surface area contributed by atoms with E-state index in [0.29, 0.717) is 19.4 Å². The minimum absolute atomic E-state index is 0.0810. The van der Waals surface area contributed by atoms with Crippen molar-refractivity contribution in [2.45, 2.75) is 43.8 Å². The monoisotopic (exact) mass is 287 g/mol. The van der Waals surface area contributed by atoms with Gasteiger partial charge in [-0.15, -0.1) is 0 Å². The summed E-state index contributed by atoms with van der Waals surface area (Å²) in [5.74, 6) is -1.10. The van der Waals surface area contributed by atoms with Gasteiger partial charge in [-0.05, 0) is 26.2 Å². The molecule has 0 spiro atoms. The van der Waals surface area contributed by atoms with E-state index in [1.807, 2.05) is 6.92 Å². The molecule has 1 saturated heterocycles. The summed E-state index contributed by atoms with van der Waals surface area (Å²) in [6.07, 6.45) is 4.63. The third kappa shape index (κ3) is 2.64. The summed E-state index contributed by atoms with van der Waals surface area (Å²) < 4.78 is 27.5. The number of rotatable bonds is 4. The minimum atomic E-state index is -3.82. The Kier molecular flexibility index (Phi) is 3.91. The van der Waals surface area contributed by atoms with E-state index in [2.05, 4.69) is 4.98 Å². The number of aromatic nitrogens is 2. The van der Waals surface area contributed by atoms with Gasteiger partial charge in [-0.3, -0.25) is 4.79 Å². The highest BCUT2D eigenvalue weighted by Crippen LogP contribution is 2.24. The lowest BCUT2D eigenvalue weighted by molar-refractivity contribution is -0.142. The third-order valence-electron chi connectivity index (χ3n) is 3.29. The molecule has 0 bridgehead atoms. The van der Waals surface area contributed by atoms with Gasteiger partial charge < -0.3 is 9.67 Å². The molecule has 1 fully saturated rings. The van der Waals surface area contributed by atoms with E-state index < -0.39 is 22.0 Å². The lowest BCUT2D eigenvalue weighted by Crippen LogP contribution is -2.47. The quantitative estimate of drug-likeness (QED) is 0.872. The van der Waals surface area contributed by atoms with Gasteiger partial charge in [-0.25, -0.2) is 13.4 Å². The predicted molar refractivity (Wildman–Crippen MR) is 67.1 cm³/mol. The second-order valence-electron chi connectivity index (χ2n) is 4.51. The number of sulfonamides is 1. The van der Waals surface area contributed by atoms with Gasteiger partial charge in [0.2, 0.25) is 0 Å². The van der Waals surface area contributed by atoms with Crippen LogP contribution >= 0.6 is 0 Å². The molecule has 1 N–H and O–H groups in total. The van der Waals surface area contributed by atoms with Crippen LogP contribution in [0.1, 0.15) is 26.2 Å². The number of imidazole rings is 1. The van der Waals surface area contributed by atoms with Crippen LogP contribution in [0.25, 0.3) is 0 Å². The van der Waals surface area contributed by atoms with Gasteiger partial charge >= 0.3 is 5.97 Å². The van der Waals surface area contributed by atoms with Gasteiger partial charge in [0.05, 0.1) is 6.33 Å². The second kappa shape index (κ2) is 5.30. The summed E-state index contributed by atoms with van der Waals surface area (Å²) in [5, 5.41) is 9.06. The van der Waals surface area contributed by atoms with Crippen molar-refractivity contribution >= 4 is 16.0 Å². The van der Waals surface area contributed by atoms with Crippen molar-refractivity contribution in [3.05, 3.63) is 12.5 Å². The standard InChI is InChI=1S/C11H17N3O4S/c1-2-13-7-10(12-8-13)19(17,18)14-6-4-3-5-9(14)11(15)16/h7-9H,2-6H2,1H3,(H,15,16). The Morgan fingerprint density at radius 2 is 2.26 bits per heavy atom. The van der Waals surface area contributed by atoms with Crippen LogP contribution in [0.5, 0.6) is 0 Å². The lowest BCUT2D eigenvalue weighted by atomic mass is 10.1. The van der Waals surface area contributed by atoms with Crippen LogP contribution in [0, 0.1) is 0 Å². The number of hydrogen-bond donors (Lipinski definition) is 1. The van der Waals surface area contributed by atoms with Crippen molar-refractivity contribution in [2.24, 2.45) is 0 Å². The summed E-state index contributed by atoms with van der Waals surface area (Å²) in [7, 11) is -3.82. The zero-order chi connectivity index (χ0) is 14.0. The molecule has 0 saturated carbocycles. The fourth-order valence-electron chi connectivity index (χ4n) is 2.21. The molecule has 1 unspecified atom stereocenters. The molecule has 8 heteroatoms. The maximum Gasteiger partial charge on any atom is 0.322 e. The van der Waals surface area contributed by atoms with Crippen LogP contribution in [-0.2, 0) is 21.4 Å². The Morgan fingerprint density at radius 3 is 2.84 bits per heavy atom. The molecule has 1 aromatic rings. The van der Waals surface area contributed by atoms with Crippen molar-refractivity contribution in [3.8, 4) is 0 Å². The fraction of sp³-hybridized carbons (Fsp3) is 0.636. The van der Waals surface area contributed by atoms with Crippen molar-refractivity contribution in [3.63, 3.8) is 0 Å². The molecule has 2 heterocycles. The van der Waals surface area contributed by atoms with E-state index in [9.17, 15) is 13.2 Å². The molecular weight excluding hydrogens is 270 g/mol. The van der Waals surface area contributed by atoms with Gasteiger partial charge in [-0.1, -0.05) is 0 Å². The van der Waals surface area contributed by atoms with Gasteiger partial charge in [0.25, 0.3) is 10.0 Å². The molecule has 0 amide bonds. The highest BCUT2D eigenvalue weighted by molar-refractivity contribution is 7.89. The molecule has 106 valence electrons. The zero-order valence-corrected chi connectivity index (χ0v) is 11.5. The number of carboxylic acid groups (broad SMARTS) is 1. The summed E-state index contributed by atoms with van der Waals surface area (Å²) in [5.41, 5.74) is 0. The first kappa shape index (κ1) is 14.0. The van der Waals surface area contributed by atoms with Crippen LogP contribution in [0.2, 0.25) is 0 Å². The Bertz CT molecular complexity index is 566. The van der Waals surface area contributed by atoms with Crippen molar-refractivity contribution < 1.29 is 18.3 Å². The van der Waals surface area contributed by atoms with Crippen LogP contribution in [0.4, 0.5) is 0 Å². The summed E-state index contributed by atoms with van der Waals surface area (Å²) in [6.45, 7) is 2.72. The van der Waals surface area contributed by atoms with Gasteiger partial charge in [-0.2, -0.15) is 4.31 Å². The van der Waals surface area contributed by atoms with Crippen LogP contribution in [0.15, 0.2) is 17.6 Å². The van der Waals surface area contributed by atoms with E-state index >= 15 is 0 Å². The summed E-state index contributed by atoms with van der Waals surface area (Å²) >= 11 is 0. The van der Waals surface area contributed by atoms with E-state index in [1.54, 1.807) is 4.57 Å². The molecule has 1 aliphatic rings. The molecule has 0 aliphatic carbocycles. The Hall–Kier alpha value is -1.41. The average Bonchev–Trinajstić information content (AvgIpc) is 2.88. The molecule has 0 aromatic carbocycles. The first-order valence-electron chi connectivity index (χ1n) is 6.23. The minimum Gasteiger partial charge on any atom is -0.480 e. The molecule has 1 aromatic heterocycles. The summed E-state index contributed by atoms with van der Waals surface area (Å²) in [4.78, 5) is 15.0. The normalized spacial score (nSPS) is 21.4. The van der Waals surface area contributed by atoms with E-state index in [0.717, 1.165) is 10.7 Å². The van der Waals surface area contributed by atoms with Gasteiger partial charge in [0.1, 0.15) is 6.04 Å². The van der Waals surface area contributed by atoms with Gasteiger partial charge in [0.15, 0.2) is 5.03 Å². The fourth-order valence-corrected chi connectivity index (χ4v) is 3.79. The topological polar surface area (TPSA) is 92.5 Å². The molecule has 2 rings (SSSR count). The predicted octanol–water partition coefficient (Wildman–Crippen LogP) is 0.531. The molecule has 1 aliphatic heterocycles. The lowest BCUT2D eigenvalue weighted by Gasteiger charge is -2.31.